The highest BCUT2D eigenvalue weighted by Gasteiger charge is 2.56. The summed E-state index contributed by atoms with van der Waals surface area (Å²) in [6, 6.07) is 5.78. The van der Waals surface area contributed by atoms with Gasteiger partial charge in [-0.2, -0.15) is 0 Å². The Bertz CT molecular complexity index is 750. The van der Waals surface area contributed by atoms with Gasteiger partial charge in [-0.3, -0.25) is 4.79 Å². The number of benzene rings is 1. The maximum absolute atomic E-state index is 15.0. The zero-order chi connectivity index (χ0) is 20.6. The molecule has 2 fully saturated rings. The molecule has 2 saturated carbocycles. The van der Waals surface area contributed by atoms with Crippen molar-refractivity contribution < 1.29 is 14.3 Å². The molecule has 160 valence electrons. The lowest BCUT2D eigenvalue weighted by Gasteiger charge is -2.52. The number of rotatable bonds is 7. The van der Waals surface area contributed by atoms with Crippen LogP contribution >= 0.6 is 0 Å². The van der Waals surface area contributed by atoms with E-state index in [2.05, 4.69) is 18.3 Å². The molecule has 1 aromatic carbocycles. The minimum atomic E-state index is -0.776. The van der Waals surface area contributed by atoms with Crippen LogP contribution in [0.3, 0.4) is 0 Å². The van der Waals surface area contributed by atoms with Crippen LogP contribution in [0.5, 0.6) is 5.75 Å². The van der Waals surface area contributed by atoms with Gasteiger partial charge in [-0.15, -0.1) is 0 Å². The van der Waals surface area contributed by atoms with Gasteiger partial charge in [-0.25, -0.2) is 4.39 Å². The molecule has 0 aromatic heterocycles. The Labute approximate surface area is 174 Å². The van der Waals surface area contributed by atoms with Gasteiger partial charge < -0.3 is 10.4 Å². The van der Waals surface area contributed by atoms with Gasteiger partial charge in [0.25, 0.3) is 0 Å². The third kappa shape index (κ3) is 3.85. The van der Waals surface area contributed by atoms with E-state index in [1.807, 2.05) is 13.1 Å². The van der Waals surface area contributed by atoms with Gasteiger partial charge in [0.05, 0.1) is 0 Å². The minimum Gasteiger partial charge on any atom is -0.508 e. The standard InChI is InChI=1S/C25H36FNO2/c1-25-11-10-21-20-7-6-19(28)15-16(20)13-17(14-18(26)5-3-4-12-27-2)24(21)22(25)8-9-23(25)29/h6-7,15,17-18,21-22,24,27-28H,3-5,8-14H2,1-2H3/t17-,18?,21+,22-,24+,25-/m0/s1. The highest BCUT2D eigenvalue weighted by Crippen LogP contribution is 2.61. The highest BCUT2D eigenvalue weighted by atomic mass is 19.1. The van der Waals surface area contributed by atoms with Crippen LogP contribution in [0.25, 0.3) is 0 Å². The van der Waals surface area contributed by atoms with Crippen molar-refractivity contribution in [1.29, 1.82) is 0 Å². The maximum atomic E-state index is 15.0. The summed E-state index contributed by atoms with van der Waals surface area (Å²) in [4.78, 5) is 12.7. The first-order valence-electron chi connectivity index (χ1n) is 11.6. The van der Waals surface area contributed by atoms with Gasteiger partial charge >= 0.3 is 0 Å². The molecule has 0 bridgehead atoms. The lowest BCUT2D eigenvalue weighted by Crippen LogP contribution is -2.46. The Kier molecular flexibility index (Phi) is 6.02. The molecule has 4 rings (SSSR count). The van der Waals surface area contributed by atoms with E-state index in [1.165, 1.54) is 11.1 Å². The third-order valence-corrected chi connectivity index (χ3v) is 8.35. The van der Waals surface area contributed by atoms with Crippen LogP contribution in [0.1, 0.15) is 75.3 Å². The predicted molar refractivity (Wildman–Crippen MR) is 114 cm³/mol. The number of carbonyl (C=O) groups excluding carboxylic acids is 1. The molecule has 29 heavy (non-hydrogen) atoms. The molecular formula is C25H36FNO2. The van der Waals surface area contributed by atoms with Crippen molar-refractivity contribution in [3.05, 3.63) is 29.3 Å². The number of ketones is 1. The number of alkyl halides is 1. The van der Waals surface area contributed by atoms with Gasteiger partial charge in [-0.05, 0) is 112 Å². The number of aromatic hydroxyl groups is 1. The number of phenols is 1. The molecule has 6 atom stereocenters. The van der Waals surface area contributed by atoms with E-state index >= 15 is 4.39 Å². The van der Waals surface area contributed by atoms with E-state index in [4.69, 9.17) is 0 Å². The van der Waals surface area contributed by atoms with Crippen LogP contribution in [0.4, 0.5) is 4.39 Å². The van der Waals surface area contributed by atoms with Crippen molar-refractivity contribution in [1.82, 2.24) is 5.32 Å². The van der Waals surface area contributed by atoms with Crippen molar-refractivity contribution in [2.24, 2.45) is 23.2 Å². The lowest BCUT2D eigenvalue weighted by molar-refractivity contribution is -0.130. The Morgan fingerprint density at radius 3 is 2.93 bits per heavy atom. The average Bonchev–Trinajstić information content (AvgIpc) is 2.99. The molecule has 2 N–H and O–H groups in total. The van der Waals surface area contributed by atoms with Crippen molar-refractivity contribution in [3.63, 3.8) is 0 Å². The molecule has 0 amide bonds. The van der Waals surface area contributed by atoms with Crippen molar-refractivity contribution in [2.45, 2.75) is 76.8 Å². The number of unbranched alkanes of at least 4 members (excludes halogenated alkanes) is 1. The van der Waals surface area contributed by atoms with Gasteiger partial charge in [-0.1, -0.05) is 13.0 Å². The number of hydrogen-bond donors (Lipinski definition) is 2. The van der Waals surface area contributed by atoms with Crippen LogP contribution in [-0.4, -0.2) is 30.7 Å². The summed E-state index contributed by atoms with van der Waals surface area (Å²) in [5.41, 5.74) is 2.34. The molecule has 0 aliphatic heterocycles. The summed E-state index contributed by atoms with van der Waals surface area (Å²) in [7, 11) is 1.94. The quantitative estimate of drug-likeness (QED) is 0.620. The number of nitrogens with one attached hydrogen (secondary N) is 1. The topological polar surface area (TPSA) is 49.3 Å². The van der Waals surface area contributed by atoms with Gasteiger partial charge in [0.2, 0.25) is 0 Å². The Morgan fingerprint density at radius 1 is 1.31 bits per heavy atom. The second-order valence-electron chi connectivity index (χ2n) is 9.99. The number of halogens is 1. The molecule has 0 radical (unpaired) electrons. The van der Waals surface area contributed by atoms with Crippen LogP contribution in [0.2, 0.25) is 0 Å². The molecule has 0 spiro atoms. The number of fused-ring (bicyclic) bond motifs is 5. The first-order valence-corrected chi connectivity index (χ1v) is 11.6. The Hall–Kier alpha value is -1.42. The summed E-state index contributed by atoms with van der Waals surface area (Å²) in [6.45, 7) is 3.12. The summed E-state index contributed by atoms with van der Waals surface area (Å²) in [5, 5.41) is 13.2. The molecule has 0 heterocycles. The first kappa shape index (κ1) is 20.8. The number of carbonyl (C=O) groups is 1. The second-order valence-corrected chi connectivity index (χ2v) is 9.99. The first-order chi connectivity index (χ1) is 13.9. The normalized spacial score (nSPS) is 34.4. The molecule has 4 heteroatoms. The lowest BCUT2D eigenvalue weighted by atomic mass is 9.52. The monoisotopic (exact) mass is 401 g/mol. The summed E-state index contributed by atoms with van der Waals surface area (Å²) < 4.78 is 15.0. The summed E-state index contributed by atoms with van der Waals surface area (Å²) >= 11 is 0. The largest absolute Gasteiger partial charge is 0.508 e. The zero-order valence-electron chi connectivity index (χ0n) is 17.9. The van der Waals surface area contributed by atoms with Gasteiger partial charge in [0, 0.05) is 11.8 Å². The van der Waals surface area contributed by atoms with Crippen molar-refractivity contribution in [2.75, 3.05) is 13.6 Å². The minimum absolute atomic E-state index is 0.202. The molecule has 3 aliphatic rings. The van der Waals surface area contributed by atoms with Gasteiger partial charge in [0.15, 0.2) is 0 Å². The van der Waals surface area contributed by atoms with Crippen molar-refractivity contribution >= 4 is 5.78 Å². The van der Waals surface area contributed by atoms with Crippen molar-refractivity contribution in [3.8, 4) is 5.75 Å². The van der Waals surface area contributed by atoms with E-state index in [0.717, 1.165) is 45.1 Å². The van der Waals surface area contributed by atoms with Gasteiger partial charge in [0.1, 0.15) is 17.7 Å². The number of hydrogen-bond acceptors (Lipinski definition) is 3. The third-order valence-electron chi connectivity index (χ3n) is 8.35. The fraction of sp³-hybridized carbons (Fsp3) is 0.720. The van der Waals surface area contributed by atoms with Crippen LogP contribution in [-0.2, 0) is 11.2 Å². The molecular weight excluding hydrogens is 365 g/mol. The fourth-order valence-electron chi connectivity index (χ4n) is 6.89. The number of Topliss-reactive ketones (excluding diaryl/α,β-unsaturated/α-hetero) is 1. The SMILES string of the molecule is CNCCCCC(F)C[C@@H]1Cc2cc(O)ccc2[C@H]2CC[C@]3(C)C(=O)CC[C@H]3[C@H]12. The molecule has 1 aromatic rings. The van der Waals surface area contributed by atoms with E-state index in [-0.39, 0.29) is 11.3 Å². The fourth-order valence-corrected chi connectivity index (χ4v) is 6.89. The predicted octanol–water partition coefficient (Wildman–Crippen LogP) is 5.16. The van der Waals surface area contributed by atoms with E-state index in [0.29, 0.717) is 48.5 Å². The molecule has 3 nitrogen and oxygen atoms in total. The summed E-state index contributed by atoms with van der Waals surface area (Å²) in [6.07, 6.45) is 6.84. The Morgan fingerprint density at radius 2 is 2.14 bits per heavy atom. The van der Waals surface area contributed by atoms with Crippen LogP contribution in [0, 0.1) is 23.2 Å². The molecule has 1 unspecified atom stereocenters. The summed E-state index contributed by atoms with van der Waals surface area (Å²) in [5.74, 6) is 2.19. The van der Waals surface area contributed by atoms with E-state index < -0.39 is 6.17 Å². The average molecular weight is 402 g/mol. The Balaban J connectivity index is 1.58. The van der Waals surface area contributed by atoms with E-state index in [9.17, 15) is 9.90 Å². The van der Waals surface area contributed by atoms with Crippen LogP contribution < -0.4 is 5.32 Å². The molecule has 3 aliphatic carbocycles. The smallest absolute Gasteiger partial charge is 0.139 e. The maximum Gasteiger partial charge on any atom is 0.139 e. The highest BCUT2D eigenvalue weighted by molar-refractivity contribution is 5.87. The number of phenolic OH excluding ortho intramolecular Hbond substituents is 1. The van der Waals surface area contributed by atoms with Crippen LogP contribution in [0.15, 0.2) is 18.2 Å². The second kappa shape index (κ2) is 8.37. The van der Waals surface area contributed by atoms with E-state index in [1.54, 1.807) is 6.07 Å². The molecule has 0 saturated heterocycles. The zero-order valence-corrected chi connectivity index (χ0v) is 17.9.